The van der Waals surface area contributed by atoms with E-state index in [-0.39, 0.29) is 0 Å². The van der Waals surface area contributed by atoms with Crippen molar-refractivity contribution in [3.63, 3.8) is 0 Å². The number of nitrogens with zero attached hydrogens (tertiary/aromatic N) is 1. The molecule has 2 N–H and O–H groups in total. The van der Waals surface area contributed by atoms with Crippen LogP contribution in [0.3, 0.4) is 0 Å². The van der Waals surface area contributed by atoms with Crippen LogP contribution in [0, 0.1) is 5.92 Å². The van der Waals surface area contributed by atoms with E-state index in [0.29, 0.717) is 0 Å². The second-order valence-corrected chi connectivity index (χ2v) is 4.28. The Morgan fingerprint density at radius 2 is 2.00 bits per heavy atom. The van der Waals surface area contributed by atoms with E-state index >= 15 is 0 Å². The molecule has 1 heterocycles. The Morgan fingerprint density at radius 3 is 2.64 bits per heavy atom. The van der Waals surface area contributed by atoms with Crippen LogP contribution in [0.5, 0.6) is 0 Å². The molecule has 0 bridgehead atoms. The summed E-state index contributed by atoms with van der Waals surface area (Å²) in [6.45, 7) is 8.43. The van der Waals surface area contributed by atoms with Gasteiger partial charge in [-0.1, -0.05) is 6.92 Å². The highest BCUT2D eigenvalue weighted by atomic mass is 16.5. The van der Waals surface area contributed by atoms with Crippen LogP contribution in [0.1, 0.15) is 26.2 Å². The van der Waals surface area contributed by atoms with E-state index in [4.69, 9.17) is 10.5 Å². The molecule has 0 radical (unpaired) electrons. The Kier molecular flexibility index (Phi) is 6.15. The lowest BCUT2D eigenvalue weighted by atomic mass is 10.0. The van der Waals surface area contributed by atoms with Gasteiger partial charge in [0.2, 0.25) is 0 Å². The number of ether oxygens (including phenoxy) is 1. The molecule has 84 valence electrons. The number of hydrogen-bond donors (Lipinski definition) is 1. The third-order valence-corrected chi connectivity index (χ3v) is 2.93. The summed E-state index contributed by atoms with van der Waals surface area (Å²) in [7, 11) is 0. The molecular weight excluding hydrogens is 176 g/mol. The molecule has 0 aromatic carbocycles. The molecule has 0 spiro atoms. The Hall–Kier alpha value is -0.120. The molecule has 1 atom stereocenters. The monoisotopic (exact) mass is 200 g/mol. The SMILES string of the molecule is CC(CCN)CCCN1CCOCC1. The lowest BCUT2D eigenvalue weighted by Crippen LogP contribution is -2.36. The molecular formula is C11H24N2O. The van der Waals surface area contributed by atoms with Gasteiger partial charge in [-0.3, -0.25) is 4.90 Å². The molecule has 3 heteroatoms. The van der Waals surface area contributed by atoms with Gasteiger partial charge < -0.3 is 10.5 Å². The number of morpholine rings is 1. The average Bonchev–Trinajstić information content (AvgIpc) is 2.20. The van der Waals surface area contributed by atoms with Crippen LogP contribution in [0.25, 0.3) is 0 Å². The molecule has 1 aliphatic rings. The highest BCUT2D eigenvalue weighted by Crippen LogP contribution is 2.10. The van der Waals surface area contributed by atoms with Crippen LogP contribution < -0.4 is 5.73 Å². The van der Waals surface area contributed by atoms with Crippen molar-refractivity contribution >= 4 is 0 Å². The van der Waals surface area contributed by atoms with Gasteiger partial charge in [0.15, 0.2) is 0 Å². The first-order valence-corrected chi connectivity index (χ1v) is 5.83. The average molecular weight is 200 g/mol. The second-order valence-electron chi connectivity index (χ2n) is 4.28. The zero-order valence-electron chi connectivity index (χ0n) is 9.37. The number of rotatable bonds is 6. The number of hydrogen-bond acceptors (Lipinski definition) is 3. The molecule has 0 saturated carbocycles. The topological polar surface area (TPSA) is 38.5 Å². The molecule has 0 aromatic heterocycles. The van der Waals surface area contributed by atoms with Gasteiger partial charge in [0.05, 0.1) is 13.2 Å². The van der Waals surface area contributed by atoms with Crippen molar-refractivity contribution in [2.24, 2.45) is 11.7 Å². The molecule has 1 saturated heterocycles. The third kappa shape index (κ3) is 4.94. The Morgan fingerprint density at radius 1 is 1.29 bits per heavy atom. The van der Waals surface area contributed by atoms with E-state index in [1.54, 1.807) is 0 Å². The zero-order chi connectivity index (χ0) is 10.2. The molecule has 3 nitrogen and oxygen atoms in total. The maximum atomic E-state index is 5.52. The summed E-state index contributed by atoms with van der Waals surface area (Å²) in [4.78, 5) is 2.50. The van der Waals surface area contributed by atoms with Crippen LogP contribution in [-0.2, 0) is 4.74 Å². The van der Waals surface area contributed by atoms with Crippen molar-refractivity contribution in [1.29, 1.82) is 0 Å². The zero-order valence-corrected chi connectivity index (χ0v) is 9.37. The minimum atomic E-state index is 0.793. The summed E-state index contributed by atoms with van der Waals surface area (Å²) in [5.41, 5.74) is 5.52. The maximum absolute atomic E-state index is 5.52. The van der Waals surface area contributed by atoms with Crippen molar-refractivity contribution in [1.82, 2.24) is 4.90 Å². The van der Waals surface area contributed by atoms with Crippen LogP contribution in [0.15, 0.2) is 0 Å². The first-order chi connectivity index (χ1) is 6.83. The van der Waals surface area contributed by atoms with Gasteiger partial charge in [-0.25, -0.2) is 0 Å². The maximum Gasteiger partial charge on any atom is 0.0594 e. The first-order valence-electron chi connectivity index (χ1n) is 5.83. The van der Waals surface area contributed by atoms with Gasteiger partial charge in [-0.05, 0) is 38.3 Å². The molecule has 1 aliphatic heterocycles. The first kappa shape index (κ1) is 12.0. The van der Waals surface area contributed by atoms with Crippen molar-refractivity contribution in [3.8, 4) is 0 Å². The van der Waals surface area contributed by atoms with Crippen LogP contribution >= 0.6 is 0 Å². The summed E-state index contributed by atoms with van der Waals surface area (Å²) in [5.74, 6) is 0.793. The molecule has 0 aromatic rings. The number of nitrogens with two attached hydrogens (primary N) is 1. The fraction of sp³-hybridized carbons (Fsp3) is 1.00. The second kappa shape index (κ2) is 7.21. The van der Waals surface area contributed by atoms with Gasteiger partial charge >= 0.3 is 0 Å². The van der Waals surface area contributed by atoms with Crippen molar-refractivity contribution < 1.29 is 4.74 Å². The van der Waals surface area contributed by atoms with Gasteiger partial charge in [-0.2, -0.15) is 0 Å². The summed E-state index contributed by atoms with van der Waals surface area (Å²) in [5, 5.41) is 0. The summed E-state index contributed by atoms with van der Waals surface area (Å²) in [6, 6.07) is 0. The minimum Gasteiger partial charge on any atom is -0.379 e. The van der Waals surface area contributed by atoms with Crippen LogP contribution in [0.4, 0.5) is 0 Å². The van der Waals surface area contributed by atoms with Gasteiger partial charge in [0.25, 0.3) is 0 Å². The largest absolute Gasteiger partial charge is 0.379 e. The summed E-state index contributed by atoms with van der Waals surface area (Å²) >= 11 is 0. The standard InChI is InChI=1S/C11H24N2O/c1-11(4-5-12)3-2-6-13-7-9-14-10-8-13/h11H,2-10,12H2,1H3. The van der Waals surface area contributed by atoms with Crippen LogP contribution in [-0.4, -0.2) is 44.3 Å². The molecule has 14 heavy (non-hydrogen) atoms. The smallest absolute Gasteiger partial charge is 0.0594 e. The van der Waals surface area contributed by atoms with E-state index in [1.807, 2.05) is 0 Å². The predicted octanol–water partition coefficient (Wildman–Crippen LogP) is 1.08. The van der Waals surface area contributed by atoms with Crippen LogP contribution in [0.2, 0.25) is 0 Å². The molecule has 1 fully saturated rings. The Balaban J connectivity index is 1.96. The summed E-state index contributed by atoms with van der Waals surface area (Å²) < 4.78 is 5.31. The normalized spacial score (nSPS) is 21.0. The summed E-state index contributed by atoms with van der Waals surface area (Å²) in [6.07, 6.45) is 3.79. The Labute approximate surface area is 87.6 Å². The van der Waals surface area contributed by atoms with E-state index in [2.05, 4.69) is 11.8 Å². The van der Waals surface area contributed by atoms with Crippen molar-refractivity contribution in [2.75, 3.05) is 39.4 Å². The fourth-order valence-electron chi connectivity index (χ4n) is 1.92. The molecule has 0 amide bonds. The minimum absolute atomic E-state index is 0.793. The quantitative estimate of drug-likeness (QED) is 0.697. The predicted molar refractivity (Wildman–Crippen MR) is 59.3 cm³/mol. The molecule has 0 aliphatic carbocycles. The Bertz CT molecular complexity index is 135. The van der Waals surface area contributed by atoms with E-state index in [9.17, 15) is 0 Å². The van der Waals surface area contributed by atoms with E-state index < -0.39 is 0 Å². The lowest BCUT2D eigenvalue weighted by molar-refractivity contribution is 0.0367. The fourth-order valence-corrected chi connectivity index (χ4v) is 1.92. The molecule has 1 unspecified atom stereocenters. The van der Waals surface area contributed by atoms with Gasteiger partial charge in [0.1, 0.15) is 0 Å². The highest BCUT2D eigenvalue weighted by molar-refractivity contribution is 4.63. The van der Waals surface area contributed by atoms with Gasteiger partial charge in [0, 0.05) is 13.1 Å². The lowest BCUT2D eigenvalue weighted by Gasteiger charge is -2.26. The highest BCUT2D eigenvalue weighted by Gasteiger charge is 2.09. The third-order valence-electron chi connectivity index (χ3n) is 2.93. The van der Waals surface area contributed by atoms with E-state index in [1.165, 1.54) is 25.8 Å². The van der Waals surface area contributed by atoms with Crippen molar-refractivity contribution in [2.45, 2.75) is 26.2 Å². The van der Waals surface area contributed by atoms with Gasteiger partial charge in [-0.15, -0.1) is 0 Å². The van der Waals surface area contributed by atoms with E-state index in [0.717, 1.165) is 38.8 Å². The van der Waals surface area contributed by atoms with Crippen molar-refractivity contribution in [3.05, 3.63) is 0 Å². The molecule has 1 rings (SSSR count).